The number of aromatic carboxylic acids is 1. The minimum absolute atomic E-state index is 0.0608. The molecule has 0 unspecified atom stereocenters. The molecule has 3 rings (SSSR count). The molecule has 0 saturated heterocycles. The van der Waals surface area contributed by atoms with E-state index >= 15 is 0 Å². The molecule has 0 bridgehead atoms. The van der Waals surface area contributed by atoms with Gasteiger partial charge in [-0.25, -0.2) is 9.59 Å². The first kappa shape index (κ1) is 23.1. The Morgan fingerprint density at radius 1 is 0.806 bits per heavy atom. The second-order valence-electron chi connectivity index (χ2n) is 6.30. The van der Waals surface area contributed by atoms with Gasteiger partial charge in [0.15, 0.2) is 0 Å². The van der Waals surface area contributed by atoms with E-state index in [0.717, 1.165) is 21.9 Å². The Hall–Kier alpha value is -4.14. The van der Waals surface area contributed by atoms with Gasteiger partial charge >= 0.3 is 18.1 Å². The Balaban J connectivity index is 0.000000423. The zero-order valence-electron chi connectivity index (χ0n) is 15.9. The van der Waals surface area contributed by atoms with Crippen LogP contribution in [0.15, 0.2) is 60.7 Å². The summed E-state index contributed by atoms with van der Waals surface area (Å²) in [5.41, 5.74) is 8.48. The van der Waals surface area contributed by atoms with Crippen molar-refractivity contribution in [3.05, 3.63) is 82.9 Å². The van der Waals surface area contributed by atoms with E-state index in [-0.39, 0.29) is 11.4 Å². The van der Waals surface area contributed by atoms with Crippen LogP contribution in [0, 0.1) is 5.41 Å². The number of hydrogen-bond acceptors (Lipinski definition) is 3. The maximum absolute atomic E-state index is 10.8. The zero-order valence-corrected chi connectivity index (χ0v) is 15.9. The summed E-state index contributed by atoms with van der Waals surface area (Å²) in [4.78, 5) is 19.7. The average Bonchev–Trinajstić information content (AvgIpc) is 2.71. The molecular formula is C22H17F3N2O4. The number of nitrogens with one attached hydrogen (secondary N) is 1. The number of hydrogen-bond donors (Lipinski definition) is 4. The van der Waals surface area contributed by atoms with Gasteiger partial charge in [0.1, 0.15) is 5.84 Å². The van der Waals surface area contributed by atoms with Gasteiger partial charge in [-0.15, -0.1) is 0 Å². The lowest BCUT2D eigenvalue weighted by Crippen LogP contribution is -2.21. The molecule has 0 heterocycles. The molecular weight excluding hydrogens is 413 g/mol. The third-order valence-electron chi connectivity index (χ3n) is 4.04. The van der Waals surface area contributed by atoms with Crippen molar-refractivity contribution in [2.45, 2.75) is 6.18 Å². The van der Waals surface area contributed by atoms with E-state index in [0.29, 0.717) is 5.56 Å². The van der Waals surface area contributed by atoms with Crippen molar-refractivity contribution in [3.8, 4) is 0 Å². The van der Waals surface area contributed by atoms with E-state index in [4.69, 9.17) is 26.2 Å². The summed E-state index contributed by atoms with van der Waals surface area (Å²) < 4.78 is 31.7. The van der Waals surface area contributed by atoms with Crippen molar-refractivity contribution in [1.29, 1.82) is 5.41 Å². The van der Waals surface area contributed by atoms with E-state index in [1.54, 1.807) is 24.3 Å². The lowest BCUT2D eigenvalue weighted by Gasteiger charge is -2.03. The lowest BCUT2D eigenvalue weighted by atomic mass is 10.0. The molecule has 6 nitrogen and oxygen atoms in total. The quantitative estimate of drug-likeness (QED) is 0.273. The predicted molar refractivity (Wildman–Crippen MR) is 111 cm³/mol. The topological polar surface area (TPSA) is 124 Å². The number of carboxylic acids is 2. The molecule has 0 aliphatic carbocycles. The standard InChI is InChI=1S/C20H16N2O2.C2HF3O2/c21-19(22)18-10-9-16-11-14(5-8-17(16)12-18)2-1-13-3-6-15(7-4-13)20(23)24;3-2(4,5)1(6)7/h1-12H,(H3,21,22)(H,23,24);(H,6,7)/b2-1+;. The van der Waals surface area contributed by atoms with Gasteiger partial charge in [-0.3, -0.25) is 5.41 Å². The van der Waals surface area contributed by atoms with Crippen LogP contribution in [0.3, 0.4) is 0 Å². The highest BCUT2D eigenvalue weighted by Crippen LogP contribution is 2.19. The highest BCUT2D eigenvalue weighted by Gasteiger charge is 2.38. The van der Waals surface area contributed by atoms with Gasteiger partial charge in [0.05, 0.1) is 5.56 Å². The Morgan fingerprint density at radius 3 is 1.77 bits per heavy atom. The summed E-state index contributed by atoms with van der Waals surface area (Å²) in [5.74, 6) is -3.62. The number of nitrogen functional groups attached to an aromatic ring is 1. The number of alkyl halides is 3. The van der Waals surface area contributed by atoms with Crippen LogP contribution < -0.4 is 5.73 Å². The summed E-state index contributed by atoms with van der Waals surface area (Å²) in [5, 5.41) is 25.6. The van der Waals surface area contributed by atoms with Gasteiger partial charge in [0.2, 0.25) is 0 Å². The third-order valence-corrected chi connectivity index (χ3v) is 4.04. The molecule has 0 amide bonds. The van der Waals surface area contributed by atoms with Gasteiger partial charge in [-0.05, 0) is 46.2 Å². The zero-order chi connectivity index (χ0) is 23.2. The summed E-state index contributed by atoms with van der Waals surface area (Å²) >= 11 is 0. The summed E-state index contributed by atoms with van der Waals surface area (Å²) in [6.45, 7) is 0. The molecule has 31 heavy (non-hydrogen) atoms. The normalized spacial score (nSPS) is 11.1. The lowest BCUT2D eigenvalue weighted by molar-refractivity contribution is -0.192. The first-order valence-corrected chi connectivity index (χ1v) is 8.67. The maximum Gasteiger partial charge on any atom is 0.490 e. The number of amidine groups is 1. The van der Waals surface area contributed by atoms with Gasteiger partial charge in [-0.2, -0.15) is 13.2 Å². The Labute approximate surface area is 174 Å². The maximum atomic E-state index is 10.8. The number of benzene rings is 3. The number of carbonyl (C=O) groups is 2. The minimum atomic E-state index is -5.08. The van der Waals surface area contributed by atoms with Crippen LogP contribution in [0.4, 0.5) is 13.2 Å². The van der Waals surface area contributed by atoms with Crippen LogP contribution in [0.5, 0.6) is 0 Å². The molecule has 0 radical (unpaired) electrons. The molecule has 160 valence electrons. The fourth-order valence-corrected chi connectivity index (χ4v) is 2.46. The molecule has 0 aromatic heterocycles. The molecule has 0 fully saturated rings. The van der Waals surface area contributed by atoms with Crippen LogP contribution in [0.25, 0.3) is 22.9 Å². The summed E-state index contributed by atoms with van der Waals surface area (Å²) in [6.07, 6.45) is -1.16. The van der Waals surface area contributed by atoms with Crippen molar-refractivity contribution in [2.75, 3.05) is 0 Å². The van der Waals surface area contributed by atoms with Crippen LogP contribution in [0.2, 0.25) is 0 Å². The molecule has 9 heteroatoms. The smallest absolute Gasteiger partial charge is 0.478 e. The second kappa shape index (κ2) is 9.57. The number of fused-ring (bicyclic) bond motifs is 1. The minimum Gasteiger partial charge on any atom is -0.478 e. The SMILES string of the molecule is N=C(N)c1ccc2cc(/C=C/c3ccc(C(=O)O)cc3)ccc2c1.O=C(O)C(F)(F)F. The van der Waals surface area contributed by atoms with Gasteiger partial charge in [-0.1, -0.05) is 48.6 Å². The number of halogens is 3. The Bertz CT molecular complexity index is 1150. The molecule has 3 aromatic carbocycles. The first-order valence-electron chi connectivity index (χ1n) is 8.67. The molecule has 0 saturated carbocycles. The van der Waals surface area contributed by atoms with Crippen molar-refractivity contribution >= 4 is 40.7 Å². The molecule has 3 aromatic rings. The Morgan fingerprint density at radius 2 is 1.26 bits per heavy atom. The van der Waals surface area contributed by atoms with E-state index in [2.05, 4.69) is 6.07 Å². The first-order chi connectivity index (χ1) is 14.5. The second-order valence-corrected chi connectivity index (χ2v) is 6.30. The number of aliphatic carboxylic acids is 1. The van der Waals surface area contributed by atoms with Crippen molar-refractivity contribution < 1.29 is 33.0 Å². The van der Waals surface area contributed by atoms with Gasteiger partial charge < -0.3 is 15.9 Å². The largest absolute Gasteiger partial charge is 0.490 e. The molecule has 0 aliphatic heterocycles. The van der Waals surface area contributed by atoms with Gasteiger partial charge in [0.25, 0.3) is 0 Å². The highest BCUT2D eigenvalue weighted by molar-refractivity contribution is 5.99. The van der Waals surface area contributed by atoms with Crippen LogP contribution in [-0.4, -0.2) is 34.2 Å². The van der Waals surface area contributed by atoms with E-state index in [1.165, 1.54) is 0 Å². The third kappa shape index (κ3) is 6.70. The molecule has 0 atom stereocenters. The molecule has 0 aliphatic rings. The van der Waals surface area contributed by atoms with E-state index in [1.807, 2.05) is 42.5 Å². The van der Waals surface area contributed by atoms with E-state index in [9.17, 15) is 18.0 Å². The number of carboxylic acid groups (broad SMARTS) is 2. The molecule has 0 spiro atoms. The summed E-state index contributed by atoms with van der Waals surface area (Å²) in [7, 11) is 0. The summed E-state index contributed by atoms with van der Waals surface area (Å²) in [6, 6.07) is 18.5. The average molecular weight is 430 g/mol. The molecule has 5 N–H and O–H groups in total. The van der Waals surface area contributed by atoms with Crippen molar-refractivity contribution in [1.82, 2.24) is 0 Å². The predicted octanol–water partition coefficient (Wildman–Crippen LogP) is 4.63. The van der Waals surface area contributed by atoms with Crippen molar-refractivity contribution in [3.63, 3.8) is 0 Å². The fraction of sp³-hybridized carbons (Fsp3) is 0.0455. The fourth-order valence-electron chi connectivity index (χ4n) is 2.46. The van der Waals surface area contributed by atoms with Crippen LogP contribution in [-0.2, 0) is 4.79 Å². The monoisotopic (exact) mass is 430 g/mol. The number of rotatable bonds is 4. The van der Waals surface area contributed by atoms with Crippen LogP contribution in [0.1, 0.15) is 27.0 Å². The Kier molecular flexibility index (Phi) is 7.15. The van der Waals surface area contributed by atoms with Gasteiger partial charge in [0, 0.05) is 5.56 Å². The van der Waals surface area contributed by atoms with Crippen LogP contribution >= 0.6 is 0 Å². The van der Waals surface area contributed by atoms with Crippen molar-refractivity contribution in [2.24, 2.45) is 5.73 Å². The number of nitrogens with two attached hydrogens (primary N) is 1. The highest BCUT2D eigenvalue weighted by atomic mass is 19.4. The van der Waals surface area contributed by atoms with E-state index < -0.39 is 18.1 Å².